The molecule has 1 aromatic carbocycles. The molecule has 0 aliphatic carbocycles. The number of carbonyl (C=O) groups is 1. The summed E-state index contributed by atoms with van der Waals surface area (Å²) in [7, 11) is 1.59. The summed E-state index contributed by atoms with van der Waals surface area (Å²) in [6.45, 7) is 1.98. The Morgan fingerprint density at radius 3 is 2.82 bits per heavy atom. The highest BCUT2D eigenvalue weighted by Gasteiger charge is 2.10. The second-order valence-corrected chi connectivity index (χ2v) is 4.58. The summed E-state index contributed by atoms with van der Waals surface area (Å²) >= 11 is 1.41. The Morgan fingerprint density at radius 1 is 1.35 bits per heavy atom. The zero-order valence-corrected chi connectivity index (χ0v) is 10.5. The lowest BCUT2D eigenvalue weighted by atomic mass is 10.2. The fourth-order valence-corrected chi connectivity index (χ4v) is 2.11. The summed E-state index contributed by atoms with van der Waals surface area (Å²) in [5, 5.41) is 4.71. The molecule has 88 valence electrons. The van der Waals surface area contributed by atoms with Gasteiger partial charge in [-0.15, -0.1) is 11.3 Å². The number of amides is 1. The predicted octanol–water partition coefficient (Wildman–Crippen LogP) is 3.32. The van der Waals surface area contributed by atoms with Crippen molar-refractivity contribution < 1.29 is 9.53 Å². The minimum absolute atomic E-state index is 0.109. The molecule has 1 aromatic heterocycles. The maximum atomic E-state index is 11.9. The maximum Gasteiger partial charge on any atom is 0.265 e. The molecule has 0 saturated heterocycles. The van der Waals surface area contributed by atoms with Crippen LogP contribution in [0.15, 0.2) is 35.7 Å². The van der Waals surface area contributed by atoms with E-state index in [1.54, 1.807) is 13.2 Å². The molecule has 2 rings (SSSR count). The summed E-state index contributed by atoms with van der Waals surface area (Å²) < 4.78 is 5.23. The number of methoxy groups -OCH3 is 1. The van der Waals surface area contributed by atoms with E-state index in [0.717, 1.165) is 5.56 Å². The highest BCUT2D eigenvalue weighted by molar-refractivity contribution is 7.12. The maximum absolute atomic E-state index is 11.9. The molecular formula is C13H13NO2S. The van der Waals surface area contributed by atoms with Crippen LogP contribution in [-0.4, -0.2) is 13.0 Å². The number of nitrogens with one attached hydrogen (secondary N) is 1. The molecule has 0 aliphatic rings. The van der Waals surface area contributed by atoms with Crippen LogP contribution in [0.2, 0.25) is 0 Å². The number of thiophene rings is 1. The van der Waals surface area contributed by atoms with Crippen molar-refractivity contribution in [1.29, 1.82) is 0 Å². The highest BCUT2D eigenvalue weighted by Crippen LogP contribution is 2.26. The molecule has 3 nitrogen and oxygen atoms in total. The number of aryl methyl sites for hydroxylation is 1. The summed E-state index contributed by atoms with van der Waals surface area (Å²) in [6.07, 6.45) is 0. The Balaban J connectivity index is 2.21. The summed E-state index contributed by atoms with van der Waals surface area (Å²) in [4.78, 5) is 12.6. The predicted molar refractivity (Wildman–Crippen MR) is 70.0 cm³/mol. The van der Waals surface area contributed by atoms with Crippen LogP contribution in [0.3, 0.4) is 0 Å². The molecule has 0 spiro atoms. The van der Waals surface area contributed by atoms with E-state index in [9.17, 15) is 4.79 Å². The van der Waals surface area contributed by atoms with Crippen molar-refractivity contribution in [2.24, 2.45) is 0 Å². The van der Waals surface area contributed by atoms with E-state index in [1.807, 2.05) is 36.6 Å². The van der Waals surface area contributed by atoms with Crippen molar-refractivity contribution in [2.75, 3.05) is 12.4 Å². The van der Waals surface area contributed by atoms with Gasteiger partial charge in [-0.3, -0.25) is 4.79 Å². The second-order valence-electron chi connectivity index (χ2n) is 3.64. The van der Waals surface area contributed by atoms with Gasteiger partial charge in [-0.2, -0.15) is 0 Å². The van der Waals surface area contributed by atoms with Crippen LogP contribution < -0.4 is 10.1 Å². The molecule has 0 fully saturated rings. The summed E-state index contributed by atoms with van der Waals surface area (Å²) in [5.41, 5.74) is 1.78. The first-order chi connectivity index (χ1) is 8.20. The molecule has 1 N–H and O–H groups in total. The van der Waals surface area contributed by atoms with E-state index in [0.29, 0.717) is 16.3 Å². The third-order valence-corrected chi connectivity index (χ3v) is 3.22. The molecule has 0 atom stereocenters. The van der Waals surface area contributed by atoms with Crippen molar-refractivity contribution >= 4 is 22.9 Å². The van der Waals surface area contributed by atoms with Gasteiger partial charge in [0.05, 0.1) is 17.7 Å². The number of benzene rings is 1. The minimum Gasteiger partial charge on any atom is -0.495 e. The van der Waals surface area contributed by atoms with E-state index in [2.05, 4.69) is 5.32 Å². The van der Waals surface area contributed by atoms with Gasteiger partial charge in [0.2, 0.25) is 0 Å². The van der Waals surface area contributed by atoms with Gasteiger partial charge in [-0.1, -0.05) is 12.1 Å². The second kappa shape index (κ2) is 5.01. The van der Waals surface area contributed by atoms with Gasteiger partial charge >= 0.3 is 0 Å². The molecule has 0 bridgehead atoms. The molecule has 0 radical (unpaired) electrons. The van der Waals surface area contributed by atoms with Crippen LogP contribution in [-0.2, 0) is 0 Å². The molecule has 0 saturated carbocycles. The Kier molecular flexibility index (Phi) is 3.44. The number of carbonyl (C=O) groups excluding carboxylic acids is 1. The van der Waals surface area contributed by atoms with E-state index in [4.69, 9.17) is 4.74 Å². The molecule has 4 heteroatoms. The average molecular weight is 247 g/mol. The highest BCUT2D eigenvalue weighted by atomic mass is 32.1. The Labute approximate surface area is 104 Å². The quantitative estimate of drug-likeness (QED) is 0.903. The summed E-state index contributed by atoms with van der Waals surface area (Å²) in [6, 6.07) is 9.32. The normalized spacial score (nSPS) is 10.0. The van der Waals surface area contributed by atoms with Gasteiger partial charge < -0.3 is 10.1 Å². The van der Waals surface area contributed by atoms with Gasteiger partial charge in [-0.05, 0) is 36.1 Å². The Bertz CT molecular complexity index is 520. The van der Waals surface area contributed by atoms with Crippen LogP contribution in [0.4, 0.5) is 5.69 Å². The summed E-state index contributed by atoms with van der Waals surface area (Å²) in [5.74, 6) is 0.567. The molecule has 0 aliphatic heterocycles. The first-order valence-corrected chi connectivity index (χ1v) is 6.08. The third kappa shape index (κ3) is 2.65. The van der Waals surface area contributed by atoms with Crippen LogP contribution in [0.25, 0.3) is 0 Å². The van der Waals surface area contributed by atoms with Crippen LogP contribution in [0.1, 0.15) is 15.2 Å². The van der Waals surface area contributed by atoms with Crippen LogP contribution in [0, 0.1) is 6.92 Å². The van der Waals surface area contributed by atoms with Gasteiger partial charge in [0.15, 0.2) is 0 Å². The molecule has 1 amide bonds. The number of hydrogen-bond donors (Lipinski definition) is 1. The zero-order valence-electron chi connectivity index (χ0n) is 9.69. The van der Waals surface area contributed by atoms with Crippen molar-refractivity contribution in [3.63, 3.8) is 0 Å². The third-order valence-electron chi connectivity index (χ3n) is 2.35. The lowest BCUT2D eigenvalue weighted by Crippen LogP contribution is -2.11. The smallest absolute Gasteiger partial charge is 0.265 e. The van der Waals surface area contributed by atoms with Crippen LogP contribution in [0.5, 0.6) is 5.75 Å². The SMILES string of the molecule is COc1cc(C)ccc1NC(=O)c1cccs1. The van der Waals surface area contributed by atoms with Gasteiger partial charge in [0.1, 0.15) is 5.75 Å². The molecule has 1 heterocycles. The van der Waals surface area contributed by atoms with E-state index >= 15 is 0 Å². The Morgan fingerprint density at radius 2 is 2.18 bits per heavy atom. The van der Waals surface area contributed by atoms with Gasteiger partial charge in [-0.25, -0.2) is 0 Å². The molecule has 2 aromatic rings. The number of ether oxygens (including phenoxy) is 1. The monoisotopic (exact) mass is 247 g/mol. The fourth-order valence-electron chi connectivity index (χ4n) is 1.49. The lowest BCUT2D eigenvalue weighted by Gasteiger charge is -2.10. The number of rotatable bonds is 3. The van der Waals surface area contributed by atoms with E-state index in [1.165, 1.54) is 11.3 Å². The average Bonchev–Trinajstić information content (AvgIpc) is 2.85. The fraction of sp³-hybridized carbons (Fsp3) is 0.154. The Hall–Kier alpha value is -1.81. The lowest BCUT2D eigenvalue weighted by molar-refractivity contribution is 0.103. The molecular weight excluding hydrogens is 234 g/mol. The topological polar surface area (TPSA) is 38.3 Å². The zero-order chi connectivity index (χ0) is 12.3. The van der Waals surface area contributed by atoms with Crippen molar-refractivity contribution in [1.82, 2.24) is 0 Å². The first-order valence-electron chi connectivity index (χ1n) is 5.20. The van der Waals surface area contributed by atoms with Crippen LogP contribution >= 0.6 is 11.3 Å². The minimum atomic E-state index is -0.109. The first kappa shape index (κ1) is 11.7. The van der Waals surface area contributed by atoms with Crippen molar-refractivity contribution in [2.45, 2.75) is 6.92 Å². The van der Waals surface area contributed by atoms with Gasteiger partial charge in [0.25, 0.3) is 5.91 Å². The van der Waals surface area contributed by atoms with E-state index in [-0.39, 0.29) is 5.91 Å². The van der Waals surface area contributed by atoms with Gasteiger partial charge in [0, 0.05) is 0 Å². The number of anilines is 1. The standard InChI is InChI=1S/C13H13NO2S/c1-9-5-6-10(11(8-9)16-2)14-13(15)12-4-3-7-17-12/h3-8H,1-2H3,(H,14,15). The van der Waals surface area contributed by atoms with Crippen molar-refractivity contribution in [3.8, 4) is 5.75 Å². The van der Waals surface area contributed by atoms with E-state index < -0.39 is 0 Å². The van der Waals surface area contributed by atoms with Crippen molar-refractivity contribution in [3.05, 3.63) is 46.2 Å². The molecule has 0 unspecified atom stereocenters. The molecule has 17 heavy (non-hydrogen) atoms. The largest absolute Gasteiger partial charge is 0.495 e. The number of hydrogen-bond acceptors (Lipinski definition) is 3.